The van der Waals surface area contributed by atoms with Gasteiger partial charge in [0.25, 0.3) is 0 Å². The first-order chi connectivity index (χ1) is 20.1. The van der Waals surface area contributed by atoms with Crippen molar-refractivity contribution in [2.75, 3.05) is 26.0 Å². The van der Waals surface area contributed by atoms with Crippen LogP contribution in [0.25, 0.3) is 27.8 Å². The van der Waals surface area contributed by atoms with E-state index in [1.165, 1.54) is 55.7 Å². The standard InChI is InChI=1S/C31H36N8OS/c1-41-24-13-25(26-15-32-39(28(26)14-24)30-5-2-3-12-40-30)27-20-38(35-34-27)19-23-18-37-17-22(6-7-29(37)33-23)16-36-11-10-31(21-36)8-4-9-31/h6-7,13-15,17-18,20,30H,2-5,8-12,16,19,21H2,1H3. The van der Waals surface area contributed by atoms with Crippen LogP contribution in [0.4, 0.5) is 0 Å². The molecule has 6 heterocycles. The van der Waals surface area contributed by atoms with Gasteiger partial charge in [0.2, 0.25) is 0 Å². The Morgan fingerprint density at radius 3 is 2.80 bits per heavy atom. The van der Waals surface area contributed by atoms with Gasteiger partial charge in [-0.05, 0) is 80.5 Å². The molecule has 0 N–H and O–H groups in total. The highest BCUT2D eigenvalue weighted by Gasteiger charge is 2.42. The van der Waals surface area contributed by atoms with Crippen molar-refractivity contribution < 1.29 is 4.74 Å². The fourth-order valence-electron chi connectivity index (χ4n) is 7.03. The van der Waals surface area contributed by atoms with Crippen molar-refractivity contribution in [3.05, 3.63) is 60.3 Å². The van der Waals surface area contributed by atoms with Gasteiger partial charge in [-0.3, -0.25) is 4.90 Å². The first-order valence-corrected chi connectivity index (χ1v) is 16.1. The smallest absolute Gasteiger partial charge is 0.150 e. The summed E-state index contributed by atoms with van der Waals surface area (Å²) in [5.74, 6) is 0. The number of benzene rings is 1. The summed E-state index contributed by atoms with van der Waals surface area (Å²) >= 11 is 1.73. The van der Waals surface area contributed by atoms with Gasteiger partial charge in [0.15, 0.2) is 6.23 Å². The summed E-state index contributed by atoms with van der Waals surface area (Å²) in [5, 5.41) is 14.9. The van der Waals surface area contributed by atoms with Crippen molar-refractivity contribution in [2.45, 2.75) is 69.2 Å². The molecule has 212 valence electrons. The highest BCUT2D eigenvalue weighted by atomic mass is 32.2. The van der Waals surface area contributed by atoms with E-state index in [1.807, 2.05) is 21.8 Å². The normalized spacial score (nSPS) is 20.9. The van der Waals surface area contributed by atoms with Crippen LogP contribution in [0.3, 0.4) is 0 Å². The Morgan fingerprint density at radius 1 is 1.05 bits per heavy atom. The van der Waals surface area contributed by atoms with Crippen LogP contribution in [-0.2, 0) is 17.8 Å². The van der Waals surface area contributed by atoms with E-state index in [-0.39, 0.29) is 6.23 Å². The summed E-state index contributed by atoms with van der Waals surface area (Å²) in [6, 6.07) is 8.76. The highest BCUT2D eigenvalue weighted by molar-refractivity contribution is 7.98. The second kappa shape index (κ2) is 10.3. The molecule has 0 amide bonds. The molecule has 1 aromatic carbocycles. The lowest BCUT2D eigenvalue weighted by Gasteiger charge is -2.38. The molecule has 0 bridgehead atoms. The van der Waals surface area contributed by atoms with E-state index in [4.69, 9.17) is 14.8 Å². The number of likely N-dealkylation sites (tertiary alicyclic amines) is 1. The van der Waals surface area contributed by atoms with Crippen LogP contribution in [0.2, 0.25) is 0 Å². The lowest BCUT2D eigenvalue weighted by Crippen LogP contribution is -2.32. The maximum atomic E-state index is 6.05. The predicted molar refractivity (Wildman–Crippen MR) is 160 cm³/mol. The van der Waals surface area contributed by atoms with Gasteiger partial charge >= 0.3 is 0 Å². The molecule has 41 heavy (non-hydrogen) atoms. The Balaban J connectivity index is 1.02. The molecule has 1 unspecified atom stereocenters. The summed E-state index contributed by atoms with van der Waals surface area (Å²) < 4.78 is 12.1. The lowest BCUT2D eigenvalue weighted by molar-refractivity contribution is -0.0366. The van der Waals surface area contributed by atoms with E-state index >= 15 is 0 Å². The number of thioether (sulfide) groups is 1. The quantitative estimate of drug-likeness (QED) is 0.230. The van der Waals surface area contributed by atoms with Gasteiger partial charge in [0, 0.05) is 47.9 Å². The number of aromatic nitrogens is 7. The van der Waals surface area contributed by atoms with Crippen molar-refractivity contribution in [1.29, 1.82) is 0 Å². The Hall–Kier alpha value is -3.21. The largest absolute Gasteiger partial charge is 0.356 e. The topological polar surface area (TPSA) is 78.3 Å². The maximum absolute atomic E-state index is 6.05. The molecule has 0 radical (unpaired) electrons. The third-order valence-electron chi connectivity index (χ3n) is 9.39. The molecule has 9 nitrogen and oxygen atoms in total. The number of nitrogens with zero attached hydrogens (tertiary/aromatic N) is 8. The maximum Gasteiger partial charge on any atom is 0.150 e. The first-order valence-electron chi connectivity index (χ1n) is 14.9. The SMILES string of the molecule is CSc1cc(-c2cn(Cc3cn4cc(CN5CCC6(CCC6)C5)ccc4n3)nn2)c2cnn(C3CCCCO3)c2c1. The fraction of sp³-hybridized carbons (Fsp3) is 0.484. The molecule has 3 aliphatic rings. The summed E-state index contributed by atoms with van der Waals surface area (Å²) in [7, 11) is 0. The molecule has 8 rings (SSSR count). The van der Waals surface area contributed by atoms with Crippen LogP contribution in [0.5, 0.6) is 0 Å². The molecule has 1 saturated carbocycles. The third-order valence-corrected chi connectivity index (χ3v) is 10.1. The number of hydrogen-bond donors (Lipinski definition) is 0. The van der Waals surface area contributed by atoms with Gasteiger partial charge in [-0.1, -0.05) is 17.7 Å². The van der Waals surface area contributed by atoms with Gasteiger partial charge < -0.3 is 9.14 Å². The molecule has 1 spiro atoms. The molecular formula is C31H36N8OS. The first kappa shape index (κ1) is 25.5. The Bertz CT molecular complexity index is 1710. The fourth-order valence-corrected chi connectivity index (χ4v) is 7.49. The number of ether oxygens (including phenoxy) is 1. The van der Waals surface area contributed by atoms with Crippen LogP contribution < -0.4 is 0 Å². The van der Waals surface area contributed by atoms with Crippen LogP contribution in [0.15, 0.2) is 53.9 Å². The number of fused-ring (bicyclic) bond motifs is 2. The highest BCUT2D eigenvalue weighted by Crippen LogP contribution is 2.48. The van der Waals surface area contributed by atoms with E-state index in [9.17, 15) is 0 Å². The number of hydrogen-bond acceptors (Lipinski definition) is 7. The molecule has 4 aromatic heterocycles. The minimum Gasteiger partial charge on any atom is -0.356 e. The van der Waals surface area contributed by atoms with E-state index in [2.05, 4.69) is 62.5 Å². The van der Waals surface area contributed by atoms with E-state index < -0.39 is 0 Å². The zero-order valence-electron chi connectivity index (χ0n) is 23.6. The number of pyridine rings is 1. The van der Waals surface area contributed by atoms with Crippen LogP contribution >= 0.6 is 11.8 Å². The molecule has 5 aromatic rings. The minimum absolute atomic E-state index is 0.00723. The van der Waals surface area contributed by atoms with Crippen molar-refractivity contribution in [1.82, 2.24) is 39.1 Å². The average Bonchev–Trinajstić information content (AvgIpc) is 3.78. The zero-order valence-corrected chi connectivity index (χ0v) is 24.4. The molecule has 10 heteroatoms. The Morgan fingerprint density at radius 2 is 2.00 bits per heavy atom. The summed E-state index contributed by atoms with van der Waals surface area (Å²) in [4.78, 5) is 8.67. The average molecular weight is 569 g/mol. The molecular weight excluding hydrogens is 532 g/mol. The van der Waals surface area contributed by atoms with Crippen molar-refractivity contribution in [3.8, 4) is 11.3 Å². The molecule has 1 aliphatic carbocycles. The lowest BCUT2D eigenvalue weighted by atomic mass is 9.68. The van der Waals surface area contributed by atoms with Gasteiger partial charge in [0.05, 0.1) is 30.1 Å². The summed E-state index contributed by atoms with van der Waals surface area (Å²) in [6.45, 7) is 4.86. The molecule has 2 saturated heterocycles. The molecule has 1 atom stereocenters. The van der Waals surface area contributed by atoms with Crippen LogP contribution in [0, 0.1) is 5.41 Å². The predicted octanol–water partition coefficient (Wildman–Crippen LogP) is 5.79. The minimum atomic E-state index is -0.00723. The zero-order chi connectivity index (χ0) is 27.4. The third kappa shape index (κ3) is 4.75. The number of imidazole rings is 1. The van der Waals surface area contributed by atoms with Crippen molar-refractivity contribution >= 4 is 28.3 Å². The molecule has 3 fully saturated rings. The van der Waals surface area contributed by atoms with Crippen LogP contribution in [0.1, 0.15) is 62.4 Å². The van der Waals surface area contributed by atoms with Gasteiger partial charge in [0.1, 0.15) is 11.3 Å². The van der Waals surface area contributed by atoms with Crippen LogP contribution in [-0.4, -0.2) is 65.0 Å². The number of rotatable bonds is 7. The summed E-state index contributed by atoms with van der Waals surface area (Å²) in [6.07, 6.45) is 19.3. The molecule has 2 aliphatic heterocycles. The van der Waals surface area contributed by atoms with E-state index in [1.54, 1.807) is 11.8 Å². The van der Waals surface area contributed by atoms with Gasteiger partial charge in [-0.15, -0.1) is 16.9 Å². The second-order valence-electron chi connectivity index (χ2n) is 12.2. The second-order valence-corrected chi connectivity index (χ2v) is 13.0. The van der Waals surface area contributed by atoms with Gasteiger partial charge in [-0.25, -0.2) is 14.3 Å². The Labute approximate surface area is 243 Å². The summed E-state index contributed by atoms with van der Waals surface area (Å²) in [5.41, 5.74) is 6.89. The monoisotopic (exact) mass is 568 g/mol. The Kier molecular flexibility index (Phi) is 6.38. The van der Waals surface area contributed by atoms with E-state index in [0.29, 0.717) is 12.0 Å². The van der Waals surface area contributed by atoms with Crippen molar-refractivity contribution in [2.24, 2.45) is 5.41 Å². The van der Waals surface area contributed by atoms with E-state index in [0.717, 1.165) is 59.5 Å². The van der Waals surface area contributed by atoms with Gasteiger partial charge in [-0.2, -0.15) is 5.10 Å². The van der Waals surface area contributed by atoms with Crippen molar-refractivity contribution in [3.63, 3.8) is 0 Å².